The second kappa shape index (κ2) is 5.16. The topological polar surface area (TPSA) is 63.8 Å². The molecule has 1 N–H and O–H groups in total. The zero-order chi connectivity index (χ0) is 12.4. The monoisotopic (exact) mass is 264 g/mol. The molecule has 1 atom stereocenters. The maximum Gasteiger partial charge on any atom is 0.226 e. The lowest BCUT2D eigenvalue weighted by molar-refractivity contribution is 0.354. The molecule has 0 aliphatic carbocycles. The Labute approximate surface area is 110 Å². The molecule has 3 heterocycles. The lowest BCUT2D eigenvalue weighted by Crippen LogP contribution is -2.10. The molecule has 2 aromatic rings. The summed E-state index contributed by atoms with van der Waals surface area (Å²) in [5, 5.41) is 10.5. The lowest BCUT2D eigenvalue weighted by atomic mass is 10.1. The maximum absolute atomic E-state index is 5.29. The van der Waals surface area contributed by atoms with E-state index in [2.05, 4.69) is 20.4 Å². The van der Waals surface area contributed by atoms with E-state index in [1.165, 1.54) is 6.42 Å². The predicted molar refractivity (Wildman–Crippen MR) is 68.6 cm³/mol. The zero-order valence-electron chi connectivity index (χ0n) is 10.3. The van der Waals surface area contributed by atoms with Crippen LogP contribution in [-0.2, 0) is 12.8 Å². The summed E-state index contributed by atoms with van der Waals surface area (Å²) in [5.41, 5.74) is 1.05. The van der Waals surface area contributed by atoms with Crippen LogP contribution in [0, 0.1) is 12.8 Å². The standard InChI is InChI=1S/C12H16N4OS/c1-8-7-18-12(14-8)5-10-15-11(17-16-10)4-9-2-3-13-6-9/h7,9,13H,2-6H2,1H3. The molecule has 3 rings (SSSR count). The lowest BCUT2D eigenvalue weighted by Gasteiger charge is -2.01. The fourth-order valence-corrected chi connectivity index (χ4v) is 2.97. The average molecular weight is 264 g/mol. The molecule has 1 fully saturated rings. The van der Waals surface area contributed by atoms with Crippen LogP contribution in [0.5, 0.6) is 0 Å². The average Bonchev–Trinajstić information content (AvgIpc) is 3.04. The summed E-state index contributed by atoms with van der Waals surface area (Å²) in [4.78, 5) is 8.84. The number of hydrogen-bond donors (Lipinski definition) is 1. The van der Waals surface area contributed by atoms with Crippen molar-refractivity contribution in [3.63, 3.8) is 0 Å². The Balaban J connectivity index is 1.62. The minimum absolute atomic E-state index is 0.639. The zero-order valence-corrected chi connectivity index (χ0v) is 11.2. The van der Waals surface area contributed by atoms with Gasteiger partial charge >= 0.3 is 0 Å². The van der Waals surface area contributed by atoms with Crippen molar-refractivity contribution in [2.24, 2.45) is 5.92 Å². The fourth-order valence-electron chi connectivity index (χ4n) is 2.20. The van der Waals surface area contributed by atoms with E-state index in [-0.39, 0.29) is 0 Å². The van der Waals surface area contributed by atoms with Crippen molar-refractivity contribution in [3.05, 3.63) is 27.8 Å². The highest BCUT2D eigenvalue weighted by Gasteiger charge is 2.18. The van der Waals surface area contributed by atoms with E-state index in [9.17, 15) is 0 Å². The molecule has 0 bridgehead atoms. The number of thiazole rings is 1. The number of hydrogen-bond acceptors (Lipinski definition) is 6. The van der Waals surface area contributed by atoms with Crippen LogP contribution in [-0.4, -0.2) is 28.2 Å². The van der Waals surface area contributed by atoms with Gasteiger partial charge < -0.3 is 9.84 Å². The maximum atomic E-state index is 5.29. The first-order valence-electron chi connectivity index (χ1n) is 6.23. The van der Waals surface area contributed by atoms with Gasteiger partial charge in [0, 0.05) is 17.5 Å². The molecule has 0 radical (unpaired) electrons. The molecule has 1 unspecified atom stereocenters. The van der Waals surface area contributed by atoms with Gasteiger partial charge in [0.05, 0.1) is 6.42 Å². The third-order valence-electron chi connectivity index (χ3n) is 3.11. The third-order valence-corrected chi connectivity index (χ3v) is 4.08. The van der Waals surface area contributed by atoms with Crippen LogP contribution in [0.3, 0.4) is 0 Å². The van der Waals surface area contributed by atoms with Gasteiger partial charge in [-0.2, -0.15) is 4.98 Å². The van der Waals surface area contributed by atoms with E-state index in [1.54, 1.807) is 11.3 Å². The Bertz CT molecular complexity index is 516. The molecular formula is C12H16N4OS. The Morgan fingerprint density at radius 3 is 3.17 bits per heavy atom. The fraction of sp³-hybridized carbons (Fsp3) is 0.583. The Morgan fingerprint density at radius 2 is 2.44 bits per heavy atom. The van der Waals surface area contributed by atoms with Gasteiger partial charge in [0.1, 0.15) is 5.01 Å². The van der Waals surface area contributed by atoms with Crippen molar-refractivity contribution in [2.45, 2.75) is 26.2 Å². The van der Waals surface area contributed by atoms with Gasteiger partial charge in [-0.25, -0.2) is 4.98 Å². The minimum Gasteiger partial charge on any atom is -0.339 e. The van der Waals surface area contributed by atoms with Crippen molar-refractivity contribution in [1.82, 2.24) is 20.4 Å². The van der Waals surface area contributed by atoms with E-state index < -0.39 is 0 Å². The Hall–Kier alpha value is -1.27. The van der Waals surface area contributed by atoms with E-state index >= 15 is 0 Å². The van der Waals surface area contributed by atoms with Crippen LogP contribution in [0.2, 0.25) is 0 Å². The molecule has 0 amide bonds. The predicted octanol–water partition coefficient (Wildman–Crippen LogP) is 1.58. The first-order chi connectivity index (χ1) is 8.79. The third kappa shape index (κ3) is 2.76. The highest BCUT2D eigenvalue weighted by Crippen LogP contribution is 2.16. The highest BCUT2D eigenvalue weighted by molar-refractivity contribution is 7.09. The van der Waals surface area contributed by atoms with Gasteiger partial charge in [0.15, 0.2) is 5.82 Å². The molecule has 1 aliphatic rings. The first kappa shape index (κ1) is 11.8. The van der Waals surface area contributed by atoms with E-state index in [4.69, 9.17) is 4.52 Å². The summed E-state index contributed by atoms with van der Waals surface area (Å²) in [6, 6.07) is 0. The van der Waals surface area contributed by atoms with Crippen LogP contribution in [0.4, 0.5) is 0 Å². The van der Waals surface area contributed by atoms with E-state index in [1.807, 2.05) is 12.3 Å². The molecule has 0 saturated carbocycles. The van der Waals surface area contributed by atoms with Crippen LogP contribution < -0.4 is 5.32 Å². The normalized spacial score (nSPS) is 19.5. The van der Waals surface area contributed by atoms with Gasteiger partial charge in [-0.1, -0.05) is 5.16 Å². The molecule has 2 aromatic heterocycles. The number of aromatic nitrogens is 3. The highest BCUT2D eigenvalue weighted by atomic mass is 32.1. The molecule has 5 nitrogen and oxygen atoms in total. The summed E-state index contributed by atoms with van der Waals surface area (Å²) >= 11 is 1.64. The SMILES string of the molecule is Cc1csc(Cc2noc(CC3CCNC3)n2)n1. The van der Waals surface area contributed by atoms with Crippen molar-refractivity contribution in [1.29, 1.82) is 0 Å². The number of nitrogens with one attached hydrogen (secondary N) is 1. The Kier molecular flexibility index (Phi) is 3.38. The molecule has 1 aliphatic heterocycles. The van der Waals surface area contributed by atoms with E-state index in [0.717, 1.165) is 41.9 Å². The van der Waals surface area contributed by atoms with Crippen molar-refractivity contribution < 1.29 is 4.52 Å². The first-order valence-corrected chi connectivity index (χ1v) is 7.11. The van der Waals surface area contributed by atoms with Crippen LogP contribution in [0.15, 0.2) is 9.90 Å². The van der Waals surface area contributed by atoms with Crippen LogP contribution >= 0.6 is 11.3 Å². The van der Waals surface area contributed by atoms with Gasteiger partial charge in [-0.15, -0.1) is 11.3 Å². The van der Waals surface area contributed by atoms with Crippen LogP contribution in [0.25, 0.3) is 0 Å². The molecular weight excluding hydrogens is 248 g/mol. The second-order valence-corrected chi connectivity index (χ2v) is 5.67. The summed E-state index contributed by atoms with van der Waals surface area (Å²) < 4.78 is 5.29. The molecule has 18 heavy (non-hydrogen) atoms. The summed E-state index contributed by atoms with van der Waals surface area (Å²) in [6.45, 7) is 4.15. The van der Waals surface area contributed by atoms with Gasteiger partial charge in [0.2, 0.25) is 5.89 Å². The molecule has 1 saturated heterocycles. The second-order valence-electron chi connectivity index (χ2n) is 4.73. The van der Waals surface area contributed by atoms with Crippen molar-refractivity contribution >= 4 is 11.3 Å². The smallest absolute Gasteiger partial charge is 0.226 e. The van der Waals surface area contributed by atoms with Gasteiger partial charge in [-0.05, 0) is 32.4 Å². The summed E-state index contributed by atoms with van der Waals surface area (Å²) in [7, 11) is 0. The molecule has 0 aromatic carbocycles. The summed E-state index contributed by atoms with van der Waals surface area (Å²) in [5.74, 6) is 2.14. The molecule has 96 valence electrons. The van der Waals surface area contributed by atoms with Crippen molar-refractivity contribution in [2.75, 3.05) is 13.1 Å². The Morgan fingerprint density at radius 1 is 1.50 bits per heavy atom. The van der Waals surface area contributed by atoms with Crippen LogP contribution in [0.1, 0.15) is 28.8 Å². The number of rotatable bonds is 4. The molecule has 6 heteroatoms. The number of nitrogens with zero attached hydrogens (tertiary/aromatic N) is 3. The largest absolute Gasteiger partial charge is 0.339 e. The van der Waals surface area contributed by atoms with E-state index in [0.29, 0.717) is 12.3 Å². The number of aryl methyl sites for hydroxylation is 1. The van der Waals surface area contributed by atoms with Crippen molar-refractivity contribution in [3.8, 4) is 0 Å². The van der Waals surface area contributed by atoms with Gasteiger partial charge in [0.25, 0.3) is 0 Å². The molecule has 0 spiro atoms. The van der Waals surface area contributed by atoms with Gasteiger partial charge in [-0.3, -0.25) is 0 Å². The quantitative estimate of drug-likeness (QED) is 0.908. The minimum atomic E-state index is 0.639. The summed E-state index contributed by atoms with van der Waals surface area (Å²) in [6.07, 6.45) is 2.76.